The molecule has 7 heteroatoms. The van der Waals surface area contributed by atoms with Crippen molar-refractivity contribution in [3.8, 4) is 6.07 Å². The molecule has 21 heavy (non-hydrogen) atoms. The van der Waals surface area contributed by atoms with Gasteiger partial charge in [-0.1, -0.05) is 23.2 Å². The summed E-state index contributed by atoms with van der Waals surface area (Å²) in [6, 6.07) is 9.28. The van der Waals surface area contributed by atoms with E-state index in [0.717, 1.165) is 0 Å². The summed E-state index contributed by atoms with van der Waals surface area (Å²) < 4.78 is 0. The second-order valence-electron chi connectivity index (χ2n) is 4.12. The van der Waals surface area contributed by atoms with E-state index in [1.54, 1.807) is 12.1 Å². The minimum Gasteiger partial charge on any atom is -0.359 e. The average molecular weight is 322 g/mol. The molecule has 0 aliphatic rings. The maximum atomic E-state index is 12.1. The van der Waals surface area contributed by atoms with E-state index in [-0.39, 0.29) is 16.4 Å². The number of benzene rings is 1. The molecule has 0 spiro atoms. The van der Waals surface area contributed by atoms with Gasteiger partial charge in [0.2, 0.25) is 11.7 Å². The Labute approximate surface area is 130 Å². The fraction of sp³-hybridized carbons (Fsp3) is 0.0714. The maximum Gasteiger partial charge on any atom is 0.249 e. The van der Waals surface area contributed by atoms with Crippen LogP contribution in [-0.2, 0) is 4.79 Å². The van der Waals surface area contributed by atoms with Gasteiger partial charge in [0.25, 0.3) is 0 Å². The SMILES string of the molecule is N#CC(C(=O)Nc1ccc(Cl)cc1Cl)C(=O)c1ccc[nH]1. The van der Waals surface area contributed by atoms with Crippen LogP contribution in [-0.4, -0.2) is 16.7 Å². The zero-order chi connectivity index (χ0) is 15.4. The number of carbonyl (C=O) groups is 2. The van der Waals surface area contributed by atoms with Crippen molar-refractivity contribution < 1.29 is 9.59 Å². The van der Waals surface area contributed by atoms with Gasteiger partial charge in [-0.15, -0.1) is 0 Å². The summed E-state index contributed by atoms with van der Waals surface area (Å²) in [5.74, 6) is -2.82. The molecule has 0 radical (unpaired) electrons. The fourth-order valence-electron chi connectivity index (χ4n) is 1.67. The molecule has 0 saturated heterocycles. The molecule has 1 amide bonds. The summed E-state index contributed by atoms with van der Waals surface area (Å²) in [6.45, 7) is 0. The molecule has 1 atom stereocenters. The summed E-state index contributed by atoms with van der Waals surface area (Å²) in [5.41, 5.74) is 0.476. The number of H-pyrrole nitrogens is 1. The highest BCUT2D eigenvalue weighted by atomic mass is 35.5. The number of halogens is 2. The summed E-state index contributed by atoms with van der Waals surface area (Å²) in [7, 11) is 0. The summed E-state index contributed by atoms with van der Waals surface area (Å²) >= 11 is 11.7. The van der Waals surface area contributed by atoms with Crippen molar-refractivity contribution in [2.75, 3.05) is 5.32 Å². The van der Waals surface area contributed by atoms with E-state index in [1.807, 2.05) is 0 Å². The lowest BCUT2D eigenvalue weighted by Crippen LogP contribution is -2.29. The van der Waals surface area contributed by atoms with Gasteiger partial charge in [-0.05, 0) is 30.3 Å². The third-order valence-electron chi connectivity index (χ3n) is 2.71. The molecular weight excluding hydrogens is 313 g/mol. The zero-order valence-electron chi connectivity index (χ0n) is 10.6. The van der Waals surface area contributed by atoms with Gasteiger partial charge in [0.15, 0.2) is 5.92 Å². The molecule has 2 N–H and O–H groups in total. The molecule has 0 aliphatic carbocycles. The quantitative estimate of drug-likeness (QED) is 0.669. The van der Waals surface area contributed by atoms with Crippen LogP contribution in [0.25, 0.3) is 0 Å². The molecule has 1 heterocycles. The first-order valence-electron chi connectivity index (χ1n) is 5.86. The van der Waals surface area contributed by atoms with Crippen LogP contribution in [0, 0.1) is 17.2 Å². The van der Waals surface area contributed by atoms with E-state index in [0.29, 0.717) is 5.02 Å². The molecule has 0 aliphatic heterocycles. The van der Waals surface area contributed by atoms with Gasteiger partial charge in [0, 0.05) is 11.2 Å². The summed E-state index contributed by atoms with van der Waals surface area (Å²) in [4.78, 5) is 26.8. The van der Waals surface area contributed by atoms with E-state index < -0.39 is 17.6 Å². The molecule has 0 saturated carbocycles. The Morgan fingerprint density at radius 2 is 2.05 bits per heavy atom. The van der Waals surface area contributed by atoms with Crippen LogP contribution in [0.2, 0.25) is 10.0 Å². The van der Waals surface area contributed by atoms with Gasteiger partial charge in [0.05, 0.1) is 22.5 Å². The number of rotatable bonds is 4. The third-order valence-corrected chi connectivity index (χ3v) is 3.25. The van der Waals surface area contributed by atoms with E-state index in [9.17, 15) is 9.59 Å². The average Bonchev–Trinajstić information content (AvgIpc) is 2.96. The van der Waals surface area contributed by atoms with Gasteiger partial charge in [0.1, 0.15) is 0 Å². The predicted octanol–water partition coefficient (Wildman–Crippen LogP) is 3.28. The second-order valence-corrected chi connectivity index (χ2v) is 4.97. The predicted molar refractivity (Wildman–Crippen MR) is 79.3 cm³/mol. The van der Waals surface area contributed by atoms with Gasteiger partial charge in [-0.3, -0.25) is 9.59 Å². The first kappa shape index (κ1) is 15.1. The molecule has 1 unspecified atom stereocenters. The Morgan fingerprint density at radius 3 is 2.62 bits per heavy atom. The number of hydrogen-bond donors (Lipinski definition) is 2. The van der Waals surface area contributed by atoms with E-state index in [1.165, 1.54) is 30.5 Å². The number of carbonyl (C=O) groups excluding carboxylic acids is 2. The van der Waals surface area contributed by atoms with Crippen molar-refractivity contribution in [3.63, 3.8) is 0 Å². The Hall–Kier alpha value is -2.29. The highest BCUT2D eigenvalue weighted by Crippen LogP contribution is 2.26. The van der Waals surface area contributed by atoms with E-state index in [2.05, 4.69) is 10.3 Å². The number of Topliss-reactive ketones (excluding diaryl/α,β-unsaturated/α-hetero) is 1. The number of aromatic nitrogens is 1. The number of hydrogen-bond acceptors (Lipinski definition) is 3. The van der Waals surface area contributed by atoms with Crippen molar-refractivity contribution in [1.29, 1.82) is 5.26 Å². The summed E-state index contributed by atoms with van der Waals surface area (Å²) in [6.07, 6.45) is 1.54. The van der Waals surface area contributed by atoms with Crippen LogP contribution >= 0.6 is 23.2 Å². The smallest absolute Gasteiger partial charge is 0.249 e. The first-order valence-corrected chi connectivity index (χ1v) is 6.61. The van der Waals surface area contributed by atoms with E-state index >= 15 is 0 Å². The topological polar surface area (TPSA) is 85.8 Å². The zero-order valence-corrected chi connectivity index (χ0v) is 12.1. The first-order chi connectivity index (χ1) is 10.0. The number of nitrogens with zero attached hydrogens (tertiary/aromatic N) is 1. The Kier molecular flexibility index (Phi) is 4.63. The highest BCUT2D eigenvalue weighted by molar-refractivity contribution is 6.36. The largest absolute Gasteiger partial charge is 0.359 e. The van der Waals surface area contributed by atoms with Crippen LogP contribution < -0.4 is 5.32 Å². The van der Waals surface area contributed by atoms with Gasteiger partial charge in [-0.25, -0.2) is 0 Å². The van der Waals surface area contributed by atoms with Crippen molar-refractivity contribution in [1.82, 2.24) is 4.98 Å². The standard InChI is InChI=1S/C14H9Cl2N3O2/c15-8-3-4-11(10(16)6-8)19-14(21)9(7-17)13(20)12-2-1-5-18-12/h1-6,9,18H,(H,19,21). The van der Waals surface area contributed by atoms with Crippen LogP contribution in [0.15, 0.2) is 36.5 Å². The van der Waals surface area contributed by atoms with Gasteiger partial charge < -0.3 is 10.3 Å². The van der Waals surface area contributed by atoms with Crippen LogP contribution in [0.5, 0.6) is 0 Å². The van der Waals surface area contributed by atoms with E-state index in [4.69, 9.17) is 28.5 Å². The van der Waals surface area contributed by atoms with Crippen molar-refractivity contribution >= 4 is 40.6 Å². The lowest BCUT2D eigenvalue weighted by molar-refractivity contribution is -0.117. The van der Waals surface area contributed by atoms with Crippen molar-refractivity contribution in [2.24, 2.45) is 5.92 Å². The molecule has 1 aromatic carbocycles. The lowest BCUT2D eigenvalue weighted by Gasteiger charge is -2.10. The Balaban J connectivity index is 2.18. The molecule has 1 aromatic heterocycles. The minimum atomic E-state index is -1.46. The van der Waals surface area contributed by atoms with Crippen molar-refractivity contribution in [2.45, 2.75) is 0 Å². The molecule has 2 rings (SSSR count). The molecular formula is C14H9Cl2N3O2. The molecule has 0 bridgehead atoms. The Morgan fingerprint density at radius 1 is 1.29 bits per heavy atom. The number of aromatic amines is 1. The third kappa shape index (κ3) is 3.43. The fourth-order valence-corrected chi connectivity index (χ4v) is 2.13. The maximum absolute atomic E-state index is 12.1. The minimum absolute atomic E-state index is 0.193. The van der Waals surface area contributed by atoms with Crippen molar-refractivity contribution in [3.05, 3.63) is 52.3 Å². The normalized spacial score (nSPS) is 11.5. The molecule has 2 aromatic rings. The van der Waals surface area contributed by atoms with Gasteiger partial charge >= 0.3 is 0 Å². The van der Waals surface area contributed by atoms with Gasteiger partial charge in [-0.2, -0.15) is 5.26 Å². The molecule has 0 fully saturated rings. The number of amides is 1. The number of anilines is 1. The molecule has 5 nitrogen and oxygen atoms in total. The highest BCUT2D eigenvalue weighted by Gasteiger charge is 2.28. The van der Waals surface area contributed by atoms with Crippen LogP contribution in [0.3, 0.4) is 0 Å². The van der Waals surface area contributed by atoms with Crippen LogP contribution in [0.1, 0.15) is 10.5 Å². The Bertz CT molecular complexity index is 720. The van der Waals surface area contributed by atoms with Crippen LogP contribution in [0.4, 0.5) is 5.69 Å². The second kappa shape index (κ2) is 6.44. The number of nitriles is 1. The monoisotopic (exact) mass is 321 g/mol. The lowest BCUT2D eigenvalue weighted by atomic mass is 10.0. The molecule has 106 valence electrons. The number of ketones is 1. The summed E-state index contributed by atoms with van der Waals surface area (Å²) in [5, 5.41) is 12.1. The number of nitrogens with one attached hydrogen (secondary N) is 2.